The predicted octanol–water partition coefficient (Wildman–Crippen LogP) is 2.75. The molecule has 0 saturated heterocycles. The van der Waals surface area contributed by atoms with Gasteiger partial charge >= 0.3 is 0 Å². The molecule has 1 aromatic carbocycles. The molecule has 0 atom stereocenters. The molecule has 0 bridgehead atoms. The summed E-state index contributed by atoms with van der Waals surface area (Å²) in [4.78, 5) is 6.87. The summed E-state index contributed by atoms with van der Waals surface area (Å²) in [5, 5.41) is 3.13. The fourth-order valence-corrected chi connectivity index (χ4v) is 2.10. The Bertz CT molecular complexity index is 537. The summed E-state index contributed by atoms with van der Waals surface area (Å²) in [6.45, 7) is 3.74. The molecule has 0 unspecified atom stereocenters. The van der Waals surface area contributed by atoms with Crippen LogP contribution in [0.25, 0.3) is 0 Å². The molecule has 19 heavy (non-hydrogen) atoms. The van der Waals surface area contributed by atoms with Gasteiger partial charge in [0.05, 0.1) is 17.9 Å². The lowest BCUT2D eigenvalue weighted by Crippen LogP contribution is -2.18. The van der Waals surface area contributed by atoms with Crippen molar-refractivity contribution in [3.63, 3.8) is 0 Å². The lowest BCUT2D eigenvalue weighted by Gasteiger charge is -2.19. The Morgan fingerprint density at radius 1 is 1.11 bits per heavy atom. The molecule has 1 heterocycles. The normalized spacial score (nSPS) is 10.5. The van der Waals surface area contributed by atoms with Crippen LogP contribution in [-0.2, 0) is 13.1 Å². The third kappa shape index (κ3) is 3.80. The zero-order chi connectivity index (χ0) is 13.7. The number of aromatic nitrogens is 1. The smallest absolute Gasteiger partial charge is 0.0600 e. The van der Waals surface area contributed by atoms with E-state index in [-0.39, 0.29) is 0 Å². The molecular weight excluding hydrogens is 234 g/mol. The van der Waals surface area contributed by atoms with E-state index in [2.05, 4.69) is 65.6 Å². The second kappa shape index (κ2) is 6.34. The molecule has 0 aliphatic heterocycles. The minimum atomic E-state index is 0.808. The first-order valence-corrected chi connectivity index (χ1v) is 6.56. The minimum Gasteiger partial charge on any atom is -0.369 e. The molecule has 1 aromatic heterocycles. The molecule has 2 aromatic rings. The largest absolute Gasteiger partial charge is 0.369 e. The zero-order valence-corrected chi connectivity index (χ0v) is 11.9. The molecule has 0 aliphatic rings. The summed E-state index contributed by atoms with van der Waals surface area (Å²) < 4.78 is 0. The number of benzene rings is 1. The molecule has 100 valence electrons. The lowest BCUT2D eigenvalue weighted by atomic mass is 10.2. The monoisotopic (exact) mass is 255 g/mol. The second-order valence-corrected chi connectivity index (χ2v) is 4.85. The van der Waals surface area contributed by atoms with Gasteiger partial charge in [0, 0.05) is 19.3 Å². The highest BCUT2D eigenvalue weighted by molar-refractivity contribution is 5.47. The lowest BCUT2D eigenvalue weighted by molar-refractivity contribution is 0.774. The van der Waals surface area contributed by atoms with E-state index < -0.39 is 0 Å². The average Bonchev–Trinajstić information content (AvgIpc) is 2.39. The number of hydrogen-bond acceptors (Lipinski definition) is 3. The molecule has 0 fully saturated rings. The third-order valence-electron chi connectivity index (χ3n) is 3.06. The number of rotatable bonds is 5. The van der Waals surface area contributed by atoms with E-state index in [9.17, 15) is 0 Å². The van der Waals surface area contributed by atoms with Gasteiger partial charge in [-0.1, -0.05) is 18.2 Å². The molecule has 1 N–H and O–H groups in total. The number of anilines is 1. The zero-order valence-electron chi connectivity index (χ0n) is 11.9. The quantitative estimate of drug-likeness (QED) is 0.890. The van der Waals surface area contributed by atoms with Crippen molar-refractivity contribution in [1.29, 1.82) is 0 Å². The fraction of sp³-hybridized carbons (Fsp3) is 0.312. The highest BCUT2D eigenvalue weighted by Gasteiger charge is 2.04. The van der Waals surface area contributed by atoms with Gasteiger partial charge in [0.15, 0.2) is 0 Å². The number of nitrogens with one attached hydrogen (secondary N) is 1. The summed E-state index contributed by atoms with van der Waals surface area (Å²) >= 11 is 0. The summed E-state index contributed by atoms with van der Waals surface area (Å²) in [6.07, 6.45) is 0. The van der Waals surface area contributed by atoms with Crippen LogP contribution in [0.2, 0.25) is 0 Å². The van der Waals surface area contributed by atoms with E-state index in [1.807, 2.05) is 13.1 Å². The van der Waals surface area contributed by atoms with Gasteiger partial charge in [-0.15, -0.1) is 0 Å². The molecule has 0 amide bonds. The number of hydrogen-bond donors (Lipinski definition) is 1. The van der Waals surface area contributed by atoms with Crippen molar-refractivity contribution in [2.45, 2.75) is 20.0 Å². The molecule has 3 heteroatoms. The van der Waals surface area contributed by atoms with E-state index in [0.717, 1.165) is 24.5 Å². The first-order chi connectivity index (χ1) is 9.19. The summed E-state index contributed by atoms with van der Waals surface area (Å²) in [5.74, 6) is 0. The Labute approximate surface area is 115 Å². The van der Waals surface area contributed by atoms with Crippen LogP contribution in [0.3, 0.4) is 0 Å². The van der Waals surface area contributed by atoms with Crippen LogP contribution in [0, 0.1) is 6.92 Å². The van der Waals surface area contributed by atoms with Gasteiger partial charge in [0.25, 0.3) is 0 Å². The van der Waals surface area contributed by atoms with Gasteiger partial charge in [-0.05, 0) is 43.8 Å². The Balaban J connectivity index is 2.10. The Hall–Kier alpha value is -1.87. The first kappa shape index (κ1) is 13.6. The Kier molecular flexibility index (Phi) is 4.53. The minimum absolute atomic E-state index is 0.808. The standard InChI is InChI=1S/C16H21N3/c1-13-6-4-9-16(10-13)19(3)12-15-8-5-7-14(18-15)11-17-2/h4-10,17H,11-12H2,1-3H3. The van der Waals surface area contributed by atoms with Crippen molar-refractivity contribution in [1.82, 2.24) is 10.3 Å². The number of nitrogens with zero attached hydrogens (tertiary/aromatic N) is 2. The molecule has 3 nitrogen and oxygen atoms in total. The molecular formula is C16H21N3. The van der Waals surface area contributed by atoms with Crippen LogP contribution in [0.15, 0.2) is 42.5 Å². The second-order valence-electron chi connectivity index (χ2n) is 4.85. The fourth-order valence-electron chi connectivity index (χ4n) is 2.10. The maximum absolute atomic E-state index is 4.65. The maximum atomic E-state index is 4.65. The Morgan fingerprint density at radius 2 is 1.84 bits per heavy atom. The molecule has 0 saturated carbocycles. The summed E-state index contributed by atoms with van der Waals surface area (Å²) in [7, 11) is 4.04. The maximum Gasteiger partial charge on any atom is 0.0600 e. The molecule has 2 rings (SSSR count). The molecule has 0 spiro atoms. The molecule has 0 radical (unpaired) electrons. The van der Waals surface area contributed by atoms with Crippen molar-refractivity contribution in [2.75, 3.05) is 19.0 Å². The highest BCUT2D eigenvalue weighted by atomic mass is 15.1. The van der Waals surface area contributed by atoms with Gasteiger partial charge < -0.3 is 10.2 Å². The average molecular weight is 255 g/mol. The third-order valence-corrected chi connectivity index (χ3v) is 3.06. The number of pyridine rings is 1. The van der Waals surface area contributed by atoms with E-state index in [0.29, 0.717) is 0 Å². The summed E-state index contributed by atoms with van der Waals surface area (Å²) in [5.41, 5.74) is 4.68. The van der Waals surface area contributed by atoms with Gasteiger partial charge in [-0.25, -0.2) is 0 Å². The van der Waals surface area contributed by atoms with Crippen LogP contribution in [0.1, 0.15) is 17.0 Å². The topological polar surface area (TPSA) is 28.2 Å². The number of aryl methyl sites for hydroxylation is 1. The molecule has 0 aliphatic carbocycles. The predicted molar refractivity (Wildman–Crippen MR) is 80.3 cm³/mol. The van der Waals surface area contributed by atoms with E-state index in [1.54, 1.807) is 0 Å². The van der Waals surface area contributed by atoms with Crippen molar-refractivity contribution in [2.24, 2.45) is 0 Å². The Morgan fingerprint density at radius 3 is 2.58 bits per heavy atom. The van der Waals surface area contributed by atoms with Gasteiger partial charge in [0.2, 0.25) is 0 Å². The van der Waals surface area contributed by atoms with Gasteiger partial charge in [-0.2, -0.15) is 0 Å². The van der Waals surface area contributed by atoms with Crippen molar-refractivity contribution in [3.8, 4) is 0 Å². The van der Waals surface area contributed by atoms with Crippen molar-refractivity contribution >= 4 is 5.69 Å². The van der Waals surface area contributed by atoms with E-state index in [1.165, 1.54) is 11.3 Å². The van der Waals surface area contributed by atoms with E-state index >= 15 is 0 Å². The van der Waals surface area contributed by atoms with Gasteiger partial charge in [0.1, 0.15) is 0 Å². The van der Waals surface area contributed by atoms with Crippen molar-refractivity contribution < 1.29 is 0 Å². The van der Waals surface area contributed by atoms with Crippen LogP contribution in [-0.4, -0.2) is 19.1 Å². The van der Waals surface area contributed by atoms with E-state index in [4.69, 9.17) is 0 Å². The van der Waals surface area contributed by atoms with Gasteiger partial charge in [-0.3, -0.25) is 4.98 Å². The van der Waals surface area contributed by atoms with Crippen LogP contribution >= 0.6 is 0 Å². The highest BCUT2D eigenvalue weighted by Crippen LogP contribution is 2.16. The summed E-state index contributed by atoms with van der Waals surface area (Å²) in [6, 6.07) is 14.7. The van der Waals surface area contributed by atoms with Crippen molar-refractivity contribution in [3.05, 3.63) is 59.4 Å². The van der Waals surface area contributed by atoms with Crippen LogP contribution in [0.5, 0.6) is 0 Å². The van der Waals surface area contributed by atoms with Crippen LogP contribution < -0.4 is 10.2 Å². The SMILES string of the molecule is CNCc1cccc(CN(C)c2cccc(C)c2)n1. The van der Waals surface area contributed by atoms with Crippen LogP contribution in [0.4, 0.5) is 5.69 Å². The first-order valence-electron chi connectivity index (χ1n) is 6.56.